The number of hydrogen-bond acceptors (Lipinski definition) is 3. The van der Waals surface area contributed by atoms with Crippen molar-refractivity contribution >= 4 is 18.3 Å². The molecule has 0 bridgehead atoms. The largest absolute Gasteiger partial charge is 0.333 e. The lowest BCUT2D eigenvalue weighted by molar-refractivity contribution is 0.0656. The second-order valence-electron chi connectivity index (χ2n) is 5.94. The number of carbonyl (C=O) groups excluding carboxylic acids is 1. The predicted octanol–water partition coefficient (Wildman–Crippen LogP) is 2.34. The Morgan fingerprint density at radius 2 is 1.96 bits per heavy atom. The SMILES string of the molecule is Cc1cc(C)n(-c2ccc(C(=O)N3CCNC[C@H]3C)cc2)n1.Cl. The summed E-state index contributed by atoms with van der Waals surface area (Å²) >= 11 is 0. The molecule has 1 fully saturated rings. The molecule has 1 amide bonds. The van der Waals surface area contributed by atoms with Crippen LogP contribution in [0.5, 0.6) is 0 Å². The Morgan fingerprint density at radius 1 is 1.26 bits per heavy atom. The monoisotopic (exact) mass is 334 g/mol. The predicted molar refractivity (Wildman–Crippen MR) is 93.7 cm³/mol. The molecule has 3 rings (SSSR count). The van der Waals surface area contributed by atoms with E-state index >= 15 is 0 Å². The van der Waals surface area contributed by atoms with Gasteiger partial charge in [0.1, 0.15) is 0 Å². The molecule has 1 N–H and O–H groups in total. The third-order valence-electron chi connectivity index (χ3n) is 4.13. The zero-order valence-corrected chi connectivity index (χ0v) is 14.6. The maximum Gasteiger partial charge on any atom is 0.254 e. The van der Waals surface area contributed by atoms with E-state index < -0.39 is 0 Å². The van der Waals surface area contributed by atoms with Crippen molar-refractivity contribution in [3.63, 3.8) is 0 Å². The van der Waals surface area contributed by atoms with Crippen molar-refractivity contribution in [2.45, 2.75) is 26.8 Å². The highest BCUT2D eigenvalue weighted by molar-refractivity contribution is 5.94. The number of hydrogen-bond donors (Lipinski definition) is 1. The lowest BCUT2D eigenvalue weighted by Crippen LogP contribution is -2.52. The Balaban J connectivity index is 0.00000192. The molecule has 0 spiro atoms. The number of amides is 1. The minimum Gasteiger partial charge on any atom is -0.333 e. The number of halogens is 1. The van der Waals surface area contributed by atoms with Crippen LogP contribution in [0.1, 0.15) is 28.7 Å². The van der Waals surface area contributed by atoms with Crippen molar-refractivity contribution in [2.24, 2.45) is 0 Å². The van der Waals surface area contributed by atoms with Crippen LogP contribution in [0.4, 0.5) is 0 Å². The molecule has 124 valence electrons. The van der Waals surface area contributed by atoms with Crippen LogP contribution in [0.3, 0.4) is 0 Å². The molecule has 1 aromatic carbocycles. The van der Waals surface area contributed by atoms with E-state index in [9.17, 15) is 4.79 Å². The molecular formula is C17H23ClN4O. The first-order valence-corrected chi connectivity index (χ1v) is 7.71. The van der Waals surface area contributed by atoms with Gasteiger partial charge in [-0.25, -0.2) is 4.68 Å². The molecule has 0 saturated carbocycles. The standard InChI is InChI=1S/C17H22N4O.ClH/c1-12-10-13(2)21(19-12)16-6-4-15(5-7-16)17(22)20-9-8-18-11-14(20)3;/h4-7,10,14,18H,8-9,11H2,1-3H3;1H/t14-;/m1./s1. The molecule has 0 radical (unpaired) electrons. The Kier molecular flexibility index (Phi) is 5.44. The summed E-state index contributed by atoms with van der Waals surface area (Å²) in [5, 5.41) is 7.77. The van der Waals surface area contributed by atoms with Crippen molar-refractivity contribution in [3.8, 4) is 5.69 Å². The van der Waals surface area contributed by atoms with Gasteiger partial charge in [0.2, 0.25) is 0 Å². The Hall–Kier alpha value is -1.85. The minimum absolute atomic E-state index is 0. The van der Waals surface area contributed by atoms with Gasteiger partial charge in [-0.2, -0.15) is 5.10 Å². The van der Waals surface area contributed by atoms with Crippen LogP contribution in [-0.4, -0.2) is 46.3 Å². The Labute approximate surface area is 143 Å². The number of nitrogens with one attached hydrogen (secondary N) is 1. The van der Waals surface area contributed by atoms with E-state index in [1.807, 2.05) is 53.8 Å². The lowest BCUT2D eigenvalue weighted by Gasteiger charge is -2.34. The summed E-state index contributed by atoms with van der Waals surface area (Å²) in [6.45, 7) is 8.57. The number of aromatic nitrogens is 2. The third kappa shape index (κ3) is 3.57. The van der Waals surface area contributed by atoms with E-state index in [4.69, 9.17) is 0 Å². The van der Waals surface area contributed by atoms with Crippen LogP contribution in [0, 0.1) is 13.8 Å². The second kappa shape index (κ2) is 7.15. The normalized spacial score (nSPS) is 17.7. The Bertz CT molecular complexity index is 680. The summed E-state index contributed by atoms with van der Waals surface area (Å²) in [5.41, 5.74) is 3.80. The second-order valence-corrected chi connectivity index (χ2v) is 5.94. The quantitative estimate of drug-likeness (QED) is 0.917. The van der Waals surface area contributed by atoms with Gasteiger partial charge in [-0.3, -0.25) is 4.79 Å². The number of aryl methyl sites for hydroxylation is 2. The maximum atomic E-state index is 12.6. The summed E-state index contributed by atoms with van der Waals surface area (Å²) in [6, 6.07) is 9.98. The summed E-state index contributed by atoms with van der Waals surface area (Å²) in [5.74, 6) is 0.105. The van der Waals surface area contributed by atoms with Gasteiger partial charge in [-0.05, 0) is 51.1 Å². The number of carbonyl (C=O) groups is 1. The third-order valence-corrected chi connectivity index (χ3v) is 4.13. The van der Waals surface area contributed by atoms with Gasteiger partial charge in [0.15, 0.2) is 0 Å². The van der Waals surface area contributed by atoms with Gasteiger partial charge in [0.05, 0.1) is 11.4 Å². The summed E-state index contributed by atoms with van der Waals surface area (Å²) in [7, 11) is 0. The fourth-order valence-corrected chi connectivity index (χ4v) is 2.94. The van der Waals surface area contributed by atoms with Crippen LogP contribution in [-0.2, 0) is 0 Å². The van der Waals surface area contributed by atoms with Gasteiger partial charge in [-0.15, -0.1) is 12.4 Å². The summed E-state index contributed by atoms with van der Waals surface area (Å²) in [6.07, 6.45) is 0. The molecule has 23 heavy (non-hydrogen) atoms. The van der Waals surface area contributed by atoms with E-state index in [0.29, 0.717) is 0 Å². The molecule has 1 saturated heterocycles. The van der Waals surface area contributed by atoms with Gasteiger partial charge in [0, 0.05) is 36.9 Å². The van der Waals surface area contributed by atoms with E-state index in [-0.39, 0.29) is 24.4 Å². The van der Waals surface area contributed by atoms with Crippen molar-refractivity contribution in [2.75, 3.05) is 19.6 Å². The molecule has 1 aliphatic heterocycles. The molecule has 1 aromatic heterocycles. The van der Waals surface area contributed by atoms with E-state index in [2.05, 4.69) is 17.3 Å². The molecule has 5 nitrogen and oxygen atoms in total. The molecular weight excluding hydrogens is 312 g/mol. The highest BCUT2D eigenvalue weighted by Crippen LogP contribution is 2.15. The van der Waals surface area contributed by atoms with Gasteiger partial charge < -0.3 is 10.2 Å². The fourth-order valence-electron chi connectivity index (χ4n) is 2.94. The molecule has 2 heterocycles. The highest BCUT2D eigenvalue weighted by atomic mass is 35.5. The molecule has 1 aliphatic rings. The number of nitrogens with zero attached hydrogens (tertiary/aromatic N) is 3. The zero-order chi connectivity index (χ0) is 15.7. The topological polar surface area (TPSA) is 50.2 Å². The summed E-state index contributed by atoms with van der Waals surface area (Å²) in [4.78, 5) is 14.5. The van der Waals surface area contributed by atoms with Crippen LogP contribution in [0.2, 0.25) is 0 Å². The van der Waals surface area contributed by atoms with E-state index in [1.165, 1.54) is 0 Å². The van der Waals surface area contributed by atoms with Crippen molar-refractivity contribution in [3.05, 3.63) is 47.3 Å². The van der Waals surface area contributed by atoms with Crippen molar-refractivity contribution in [1.29, 1.82) is 0 Å². The number of rotatable bonds is 2. The van der Waals surface area contributed by atoms with E-state index in [0.717, 1.165) is 42.3 Å². The number of piperazine rings is 1. The molecule has 2 aromatic rings. The number of benzene rings is 1. The van der Waals surface area contributed by atoms with Crippen LogP contribution in [0.15, 0.2) is 30.3 Å². The Morgan fingerprint density at radius 3 is 2.52 bits per heavy atom. The maximum absolute atomic E-state index is 12.6. The minimum atomic E-state index is 0. The van der Waals surface area contributed by atoms with Crippen LogP contribution in [0.25, 0.3) is 5.69 Å². The first-order valence-electron chi connectivity index (χ1n) is 7.71. The first kappa shape index (κ1) is 17.5. The highest BCUT2D eigenvalue weighted by Gasteiger charge is 2.23. The van der Waals surface area contributed by atoms with Crippen molar-refractivity contribution < 1.29 is 4.79 Å². The van der Waals surface area contributed by atoms with Gasteiger partial charge in [0.25, 0.3) is 5.91 Å². The smallest absolute Gasteiger partial charge is 0.254 e. The van der Waals surface area contributed by atoms with Crippen molar-refractivity contribution in [1.82, 2.24) is 20.0 Å². The zero-order valence-electron chi connectivity index (χ0n) is 13.7. The van der Waals surface area contributed by atoms with E-state index in [1.54, 1.807) is 0 Å². The average molecular weight is 335 g/mol. The molecule has 1 atom stereocenters. The van der Waals surface area contributed by atoms with Gasteiger partial charge in [-0.1, -0.05) is 0 Å². The molecule has 0 aliphatic carbocycles. The lowest BCUT2D eigenvalue weighted by atomic mass is 10.1. The van der Waals surface area contributed by atoms with Crippen LogP contribution >= 0.6 is 12.4 Å². The van der Waals surface area contributed by atoms with Crippen LogP contribution < -0.4 is 5.32 Å². The summed E-state index contributed by atoms with van der Waals surface area (Å²) < 4.78 is 1.90. The fraction of sp³-hybridized carbons (Fsp3) is 0.412. The first-order chi connectivity index (χ1) is 10.6. The molecule has 6 heteroatoms. The average Bonchev–Trinajstić information content (AvgIpc) is 2.86. The van der Waals surface area contributed by atoms with Gasteiger partial charge >= 0.3 is 0 Å². The molecule has 0 unspecified atom stereocenters.